The van der Waals surface area contributed by atoms with Crippen molar-refractivity contribution >= 4 is 46.1 Å². The molecule has 0 bridgehead atoms. The van der Waals surface area contributed by atoms with Crippen LogP contribution in [0.4, 0.5) is 5.13 Å². The van der Waals surface area contributed by atoms with Crippen LogP contribution in [0, 0.1) is 5.92 Å². The Morgan fingerprint density at radius 1 is 1.05 bits per heavy atom. The van der Waals surface area contributed by atoms with Gasteiger partial charge in [-0.05, 0) is 49.3 Å². The number of thiazole rings is 1. The number of nitrogens with two attached hydrogens (primary N) is 2. The van der Waals surface area contributed by atoms with Crippen LogP contribution in [0.2, 0.25) is 0 Å². The van der Waals surface area contributed by atoms with E-state index in [-0.39, 0.29) is 24.2 Å². The van der Waals surface area contributed by atoms with Crippen molar-refractivity contribution in [2.75, 3.05) is 6.54 Å². The van der Waals surface area contributed by atoms with E-state index in [1.54, 1.807) is 30.5 Å². The predicted molar refractivity (Wildman–Crippen MR) is 146 cm³/mol. The first-order chi connectivity index (χ1) is 18.0. The van der Waals surface area contributed by atoms with Gasteiger partial charge in [0.15, 0.2) is 5.96 Å². The minimum Gasteiger partial charge on any atom is -0.480 e. The van der Waals surface area contributed by atoms with E-state index in [4.69, 9.17) is 11.5 Å². The summed E-state index contributed by atoms with van der Waals surface area (Å²) in [6, 6.07) is 4.75. The second-order valence-electron chi connectivity index (χ2n) is 9.15. The Morgan fingerprint density at radius 2 is 1.74 bits per heavy atom. The van der Waals surface area contributed by atoms with Gasteiger partial charge in [0.25, 0.3) is 5.91 Å². The molecule has 0 radical (unpaired) electrons. The molecule has 0 spiro atoms. The number of hydrogen-bond acceptors (Lipinski definition) is 7. The van der Waals surface area contributed by atoms with Crippen molar-refractivity contribution in [3.8, 4) is 10.4 Å². The lowest BCUT2D eigenvalue weighted by Gasteiger charge is -2.23. The van der Waals surface area contributed by atoms with Crippen LogP contribution in [-0.4, -0.2) is 58.4 Å². The molecule has 206 valence electrons. The monoisotopic (exact) mass is 545 g/mol. The van der Waals surface area contributed by atoms with Crippen LogP contribution in [0.5, 0.6) is 0 Å². The summed E-state index contributed by atoms with van der Waals surface area (Å²) < 4.78 is 0. The third-order valence-corrected chi connectivity index (χ3v) is 6.33. The molecule has 0 unspecified atom stereocenters. The van der Waals surface area contributed by atoms with Gasteiger partial charge in [-0.1, -0.05) is 37.3 Å². The number of carbonyl (C=O) groups excluding carboxylic acids is 3. The fraction of sp³-hybridized carbons (Fsp3) is 0.440. The molecule has 12 nitrogen and oxygen atoms in total. The lowest BCUT2D eigenvalue weighted by molar-refractivity contribution is -0.142. The van der Waals surface area contributed by atoms with E-state index < -0.39 is 29.9 Å². The normalized spacial score (nSPS) is 12.3. The SMILES string of the molecule is CC(=O)NCCCC[C@H](NC(=O)[C@H](CC(C)C)NC(=O)c1ccc(-c2cnc(N=C(N)N)s2)cc1)C(=O)O. The van der Waals surface area contributed by atoms with Gasteiger partial charge in [-0.25, -0.2) is 9.78 Å². The number of carbonyl (C=O) groups is 4. The molecular weight excluding hydrogens is 510 g/mol. The van der Waals surface area contributed by atoms with Crippen LogP contribution in [0.25, 0.3) is 10.4 Å². The van der Waals surface area contributed by atoms with Gasteiger partial charge >= 0.3 is 5.97 Å². The van der Waals surface area contributed by atoms with Gasteiger partial charge in [0.1, 0.15) is 12.1 Å². The number of aromatic nitrogens is 1. The molecule has 1 aromatic heterocycles. The largest absolute Gasteiger partial charge is 0.480 e. The Balaban J connectivity index is 2.03. The maximum atomic E-state index is 13.0. The highest BCUT2D eigenvalue weighted by Crippen LogP contribution is 2.30. The van der Waals surface area contributed by atoms with E-state index in [9.17, 15) is 24.3 Å². The number of hydrogen-bond donors (Lipinski definition) is 6. The van der Waals surface area contributed by atoms with Gasteiger partial charge < -0.3 is 32.5 Å². The maximum Gasteiger partial charge on any atom is 0.326 e. The van der Waals surface area contributed by atoms with Crippen LogP contribution in [-0.2, 0) is 14.4 Å². The summed E-state index contributed by atoms with van der Waals surface area (Å²) in [5, 5.41) is 17.9. The molecule has 0 fully saturated rings. The first-order valence-corrected chi connectivity index (χ1v) is 13.0. The Labute approximate surface area is 225 Å². The molecule has 13 heteroatoms. The molecule has 0 aliphatic carbocycles. The highest BCUT2D eigenvalue weighted by molar-refractivity contribution is 7.18. The third-order valence-electron chi connectivity index (χ3n) is 5.39. The van der Waals surface area contributed by atoms with Gasteiger partial charge in [0.05, 0.1) is 4.88 Å². The Morgan fingerprint density at radius 3 is 2.32 bits per heavy atom. The van der Waals surface area contributed by atoms with E-state index >= 15 is 0 Å². The van der Waals surface area contributed by atoms with Crippen LogP contribution < -0.4 is 27.4 Å². The van der Waals surface area contributed by atoms with Gasteiger partial charge in [0, 0.05) is 25.2 Å². The van der Waals surface area contributed by atoms with Crippen LogP contribution in [0.1, 0.15) is 56.8 Å². The molecule has 8 N–H and O–H groups in total. The Kier molecular flexibility index (Phi) is 11.7. The highest BCUT2D eigenvalue weighted by Gasteiger charge is 2.27. The summed E-state index contributed by atoms with van der Waals surface area (Å²) >= 11 is 1.29. The predicted octanol–water partition coefficient (Wildman–Crippen LogP) is 1.74. The molecule has 2 atom stereocenters. The van der Waals surface area contributed by atoms with Crippen molar-refractivity contribution in [3.63, 3.8) is 0 Å². The number of amides is 3. The zero-order valence-corrected chi connectivity index (χ0v) is 22.5. The summed E-state index contributed by atoms with van der Waals surface area (Å²) in [7, 11) is 0. The quantitative estimate of drug-likeness (QED) is 0.117. The van der Waals surface area contributed by atoms with Gasteiger partial charge in [-0.2, -0.15) is 4.99 Å². The summed E-state index contributed by atoms with van der Waals surface area (Å²) in [4.78, 5) is 57.4. The fourth-order valence-electron chi connectivity index (χ4n) is 3.56. The average molecular weight is 546 g/mol. The second kappa shape index (κ2) is 14.7. The van der Waals surface area contributed by atoms with Crippen molar-refractivity contribution in [3.05, 3.63) is 36.0 Å². The number of unbranched alkanes of at least 4 members (excludes halogenated alkanes) is 1. The zero-order chi connectivity index (χ0) is 28.2. The standard InChI is InChI=1S/C25H35N7O5S/c1-14(2)12-19(22(35)30-18(23(36)37)6-4-5-11-28-15(3)33)31-21(34)17-9-7-16(8-10-17)20-13-29-25(38-20)32-24(26)27/h7-10,13-14,18-19H,4-6,11-12H2,1-3H3,(H,28,33)(H,30,35)(H,31,34)(H,36,37)(H4,26,27,29,32)/t18-,19-/m0/s1. The third kappa shape index (κ3) is 10.2. The lowest BCUT2D eigenvalue weighted by atomic mass is 10.0. The van der Waals surface area contributed by atoms with Crippen LogP contribution in [0.15, 0.2) is 35.5 Å². The second-order valence-corrected chi connectivity index (χ2v) is 10.2. The smallest absolute Gasteiger partial charge is 0.326 e. The maximum absolute atomic E-state index is 13.0. The van der Waals surface area contributed by atoms with Crippen molar-refractivity contribution < 1.29 is 24.3 Å². The van der Waals surface area contributed by atoms with Gasteiger partial charge in [-0.3, -0.25) is 14.4 Å². The van der Waals surface area contributed by atoms with Crippen molar-refractivity contribution in [1.29, 1.82) is 0 Å². The minimum atomic E-state index is -1.16. The van der Waals surface area contributed by atoms with E-state index in [1.807, 2.05) is 13.8 Å². The number of carboxylic acids is 1. The zero-order valence-electron chi connectivity index (χ0n) is 21.7. The summed E-state index contributed by atoms with van der Waals surface area (Å²) in [5.74, 6) is -2.35. The van der Waals surface area contributed by atoms with Crippen molar-refractivity contribution in [1.82, 2.24) is 20.9 Å². The molecule has 1 aromatic carbocycles. The highest BCUT2D eigenvalue weighted by atomic mass is 32.1. The molecule has 3 amide bonds. The van der Waals surface area contributed by atoms with Crippen molar-refractivity contribution in [2.45, 2.75) is 58.5 Å². The van der Waals surface area contributed by atoms with Crippen LogP contribution in [0.3, 0.4) is 0 Å². The Bertz CT molecular complexity index is 1140. The topological polar surface area (TPSA) is 202 Å². The van der Waals surface area contributed by atoms with E-state index in [2.05, 4.69) is 25.9 Å². The molecule has 2 rings (SSSR count). The molecular formula is C25H35N7O5S. The molecule has 38 heavy (non-hydrogen) atoms. The number of rotatable bonds is 14. The molecule has 1 heterocycles. The number of carboxylic acid groups (broad SMARTS) is 1. The number of nitrogens with one attached hydrogen (secondary N) is 3. The molecule has 0 saturated heterocycles. The molecule has 2 aromatic rings. The van der Waals surface area contributed by atoms with E-state index in [0.29, 0.717) is 36.5 Å². The lowest BCUT2D eigenvalue weighted by Crippen LogP contribution is -2.52. The minimum absolute atomic E-state index is 0.0695. The molecule has 0 aliphatic rings. The molecule has 0 saturated carbocycles. The van der Waals surface area contributed by atoms with Crippen molar-refractivity contribution in [2.24, 2.45) is 22.4 Å². The number of guanidine groups is 1. The average Bonchev–Trinajstić information content (AvgIpc) is 3.29. The number of nitrogens with zero attached hydrogens (tertiary/aromatic N) is 2. The first kappa shape index (κ1) is 30.2. The van der Waals surface area contributed by atoms with Crippen LogP contribution >= 0.6 is 11.3 Å². The summed E-state index contributed by atoms with van der Waals surface area (Å²) in [5.41, 5.74) is 11.9. The number of aliphatic imine (C=N–C) groups is 1. The van der Waals surface area contributed by atoms with E-state index in [0.717, 1.165) is 10.4 Å². The number of benzene rings is 1. The fourth-order valence-corrected chi connectivity index (χ4v) is 4.37. The first-order valence-electron chi connectivity index (χ1n) is 12.2. The summed E-state index contributed by atoms with van der Waals surface area (Å²) in [6.45, 7) is 5.65. The van der Waals surface area contributed by atoms with Gasteiger partial charge in [0.2, 0.25) is 16.9 Å². The van der Waals surface area contributed by atoms with E-state index in [1.165, 1.54) is 18.3 Å². The molecule has 0 aliphatic heterocycles. The van der Waals surface area contributed by atoms with Gasteiger partial charge in [-0.15, -0.1) is 0 Å². The number of aliphatic carboxylic acids is 1. The Hall–Kier alpha value is -4.00. The summed E-state index contributed by atoms with van der Waals surface area (Å²) in [6.07, 6.45) is 3.24.